The van der Waals surface area contributed by atoms with Crippen LogP contribution in [0.3, 0.4) is 0 Å². The Morgan fingerprint density at radius 2 is 1.55 bits per heavy atom. The Hall–Kier alpha value is -1.87. The molecule has 0 N–H and O–H groups in total. The van der Waals surface area contributed by atoms with Gasteiger partial charge in [-0.05, 0) is 12.1 Å². The molecule has 0 spiro atoms. The normalized spacial score (nSPS) is 6.36. The molecule has 1 heterocycles. The average Bonchev–Trinajstić information content (AvgIpc) is 2.10. The number of nitrogens with zero attached hydrogens (tertiary/aromatic N) is 3. The fourth-order valence-electron chi connectivity index (χ4n) is 0.348. The lowest BCUT2D eigenvalue weighted by molar-refractivity contribution is 1.33. The maximum atomic E-state index is 7.59. The highest BCUT2D eigenvalue weighted by molar-refractivity contribution is 4.88. The Morgan fingerprint density at radius 1 is 1.00 bits per heavy atom. The van der Waals surface area contributed by atoms with Gasteiger partial charge in [-0.2, -0.15) is 10.5 Å². The van der Waals surface area contributed by atoms with Crippen molar-refractivity contribution in [2.75, 3.05) is 0 Å². The molecule has 0 fully saturated rings. The van der Waals surface area contributed by atoms with Crippen LogP contribution in [0.15, 0.2) is 30.6 Å². The predicted molar refractivity (Wildman–Crippen MR) is 40.1 cm³/mol. The standard InChI is InChI=1S/C5H5N.C3H2N2/c1-2-4-6-5-3-1;4-2-1-3-5/h1-5H;1H2. The third kappa shape index (κ3) is 8.13. The maximum Gasteiger partial charge on any atom is 0.122 e. The van der Waals surface area contributed by atoms with Gasteiger partial charge in [0.1, 0.15) is 6.42 Å². The van der Waals surface area contributed by atoms with E-state index >= 15 is 0 Å². The first-order chi connectivity index (χ1) is 5.41. The Kier molecular flexibility index (Phi) is 6.75. The minimum atomic E-state index is 0. The van der Waals surface area contributed by atoms with Crippen LogP contribution in [0.5, 0.6) is 0 Å². The van der Waals surface area contributed by atoms with Gasteiger partial charge in [0.15, 0.2) is 0 Å². The van der Waals surface area contributed by atoms with Crippen molar-refractivity contribution in [3.63, 3.8) is 0 Å². The minimum Gasteiger partial charge on any atom is -0.265 e. The number of nitriles is 2. The molecule has 0 saturated heterocycles. The van der Waals surface area contributed by atoms with Gasteiger partial charge in [-0.25, -0.2) is 0 Å². The summed E-state index contributed by atoms with van der Waals surface area (Å²) in [5.74, 6) is 0. The van der Waals surface area contributed by atoms with E-state index in [1.54, 1.807) is 24.5 Å². The van der Waals surface area contributed by atoms with Gasteiger partial charge < -0.3 is 0 Å². The van der Waals surface area contributed by atoms with Crippen LogP contribution in [0.2, 0.25) is 0 Å². The van der Waals surface area contributed by atoms with E-state index in [0.717, 1.165) is 0 Å². The molecule has 54 valence electrons. The molecule has 1 rings (SSSR count). The first-order valence-corrected chi connectivity index (χ1v) is 3.00. The summed E-state index contributed by atoms with van der Waals surface area (Å²) >= 11 is 0. The van der Waals surface area contributed by atoms with Gasteiger partial charge >= 0.3 is 0 Å². The first-order valence-electron chi connectivity index (χ1n) is 3.00. The molecule has 0 unspecified atom stereocenters. The fourth-order valence-corrected chi connectivity index (χ4v) is 0.348. The second kappa shape index (κ2) is 8.13. The van der Waals surface area contributed by atoms with Crippen molar-refractivity contribution in [3.8, 4) is 12.1 Å². The molecule has 0 aliphatic heterocycles. The zero-order chi connectivity index (χ0) is 8.36. The lowest BCUT2D eigenvalue weighted by atomic mass is 10.5. The molecule has 11 heavy (non-hydrogen) atoms. The van der Waals surface area contributed by atoms with Gasteiger partial charge in [0.05, 0.1) is 12.1 Å². The van der Waals surface area contributed by atoms with Crippen LogP contribution in [0.1, 0.15) is 6.42 Å². The van der Waals surface area contributed by atoms with Crippen LogP contribution in [-0.4, -0.2) is 4.98 Å². The molecule has 0 atom stereocenters. The van der Waals surface area contributed by atoms with Gasteiger partial charge in [-0.15, -0.1) is 0 Å². The Morgan fingerprint density at radius 3 is 1.64 bits per heavy atom. The van der Waals surface area contributed by atoms with Crippen LogP contribution in [0, 0.1) is 22.7 Å². The van der Waals surface area contributed by atoms with Gasteiger partial charge in [-0.3, -0.25) is 4.98 Å². The zero-order valence-electron chi connectivity index (χ0n) is 5.94. The van der Waals surface area contributed by atoms with E-state index in [0.29, 0.717) is 0 Å². The number of rotatable bonds is 0. The zero-order valence-corrected chi connectivity index (χ0v) is 5.94. The van der Waals surface area contributed by atoms with Gasteiger partial charge in [0.2, 0.25) is 0 Å². The molecular weight excluding hydrogens is 138 g/mol. The van der Waals surface area contributed by atoms with Gasteiger partial charge in [0.25, 0.3) is 0 Å². The third-order valence-corrected chi connectivity index (χ3v) is 0.725. The monoisotopic (exact) mass is 145 g/mol. The predicted octanol–water partition coefficient (Wildman–Crippen LogP) is 1.51. The summed E-state index contributed by atoms with van der Waals surface area (Å²) in [6.45, 7) is 0. The number of pyridine rings is 1. The summed E-state index contributed by atoms with van der Waals surface area (Å²) in [7, 11) is 0. The molecule has 0 aliphatic rings. The molecule has 0 saturated carbocycles. The van der Waals surface area contributed by atoms with Crippen molar-refractivity contribution in [3.05, 3.63) is 30.6 Å². The van der Waals surface area contributed by atoms with Crippen LogP contribution in [0.25, 0.3) is 0 Å². The molecule has 0 aromatic carbocycles. The minimum absolute atomic E-state index is 0. The van der Waals surface area contributed by atoms with E-state index in [2.05, 4.69) is 4.98 Å². The van der Waals surface area contributed by atoms with Gasteiger partial charge in [-0.1, -0.05) is 6.07 Å². The van der Waals surface area contributed by atoms with E-state index in [4.69, 9.17) is 10.5 Å². The molecule has 3 nitrogen and oxygen atoms in total. The van der Waals surface area contributed by atoms with Crippen molar-refractivity contribution in [2.24, 2.45) is 0 Å². The van der Waals surface area contributed by atoms with Gasteiger partial charge in [0, 0.05) is 12.4 Å². The second-order valence-electron chi connectivity index (χ2n) is 1.52. The Balaban J connectivity index is 0.000000187. The Bertz CT molecular complexity index is 204. The molecular formula is C8H7N3. The quantitative estimate of drug-likeness (QED) is 0.555. The second-order valence-corrected chi connectivity index (χ2v) is 1.52. The smallest absolute Gasteiger partial charge is 0.122 e. The summed E-state index contributed by atoms with van der Waals surface area (Å²) in [6.07, 6.45) is 3.50. The van der Waals surface area contributed by atoms with E-state index < -0.39 is 0 Å². The van der Waals surface area contributed by atoms with Crippen molar-refractivity contribution in [2.45, 2.75) is 6.42 Å². The summed E-state index contributed by atoms with van der Waals surface area (Å²) in [4.78, 5) is 3.78. The Labute approximate surface area is 65.5 Å². The molecule has 0 radical (unpaired) electrons. The highest BCUT2D eigenvalue weighted by atomic mass is 14.6. The number of hydrogen-bond acceptors (Lipinski definition) is 3. The molecule has 1 aromatic heterocycles. The fraction of sp³-hybridized carbons (Fsp3) is 0.125. The highest BCUT2D eigenvalue weighted by Crippen LogP contribution is 1.73. The lowest BCUT2D eigenvalue weighted by Crippen LogP contribution is -1.58. The van der Waals surface area contributed by atoms with Crippen molar-refractivity contribution in [1.29, 1.82) is 10.5 Å². The summed E-state index contributed by atoms with van der Waals surface area (Å²) in [5.41, 5.74) is 0. The molecule has 0 amide bonds. The van der Waals surface area contributed by atoms with Crippen molar-refractivity contribution < 1.29 is 0 Å². The summed E-state index contributed by atoms with van der Waals surface area (Å²) in [6, 6.07) is 9.03. The number of aromatic nitrogens is 1. The summed E-state index contributed by atoms with van der Waals surface area (Å²) in [5, 5.41) is 15.2. The van der Waals surface area contributed by atoms with Crippen LogP contribution in [-0.2, 0) is 0 Å². The molecule has 1 aromatic rings. The number of hydrogen-bond donors (Lipinski definition) is 0. The van der Waals surface area contributed by atoms with E-state index in [-0.39, 0.29) is 6.42 Å². The molecule has 0 bridgehead atoms. The van der Waals surface area contributed by atoms with Crippen LogP contribution < -0.4 is 0 Å². The maximum absolute atomic E-state index is 7.59. The van der Waals surface area contributed by atoms with Crippen molar-refractivity contribution in [1.82, 2.24) is 4.98 Å². The van der Waals surface area contributed by atoms with Crippen molar-refractivity contribution >= 4 is 0 Å². The topological polar surface area (TPSA) is 60.5 Å². The SMILES string of the molecule is N#CCC#N.c1ccncc1. The van der Waals surface area contributed by atoms with Crippen LogP contribution >= 0.6 is 0 Å². The summed E-state index contributed by atoms with van der Waals surface area (Å²) < 4.78 is 0. The first kappa shape index (κ1) is 9.13. The molecule has 3 heteroatoms. The van der Waals surface area contributed by atoms with E-state index in [1.165, 1.54) is 0 Å². The largest absolute Gasteiger partial charge is 0.265 e. The lowest BCUT2D eigenvalue weighted by Gasteiger charge is -1.70. The highest BCUT2D eigenvalue weighted by Gasteiger charge is 1.61. The third-order valence-electron chi connectivity index (χ3n) is 0.725. The van der Waals surface area contributed by atoms with Crippen LogP contribution in [0.4, 0.5) is 0 Å². The van der Waals surface area contributed by atoms with E-state index in [1.807, 2.05) is 18.2 Å². The van der Waals surface area contributed by atoms with E-state index in [9.17, 15) is 0 Å². The average molecular weight is 145 g/mol. The molecule has 0 aliphatic carbocycles.